The lowest BCUT2D eigenvalue weighted by atomic mass is 10.1. The summed E-state index contributed by atoms with van der Waals surface area (Å²) in [5.41, 5.74) is 0.968. The van der Waals surface area contributed by atoms with Gasteiger partial charge in [0.1, 0.15) is 6.10 Å². The summed E-state index contributed by atoms with van der Waals surface area (Å²) in [5, 5.41) is 9.68. The number of rotatable bonds is 6. The van der Waals surface area contributed by atoms with Crippen LogP contribution < -0.4 is 0 Å². The molecule has 0 saturated carbocycles. The zero-order valence-corrected chi connectivity index (χ0v) is 13.0. The molecule has 0 aliphatic rings. The van der Waals surface area contributed by atoms with Gasteiger partial charge in [0.2, 0.25) is 0 Å². The summed E-state index contributed by atoms with van der Waals surface area (Å²) in [7, 11) is 0. The number of hydrogen-bond acceptors (Lipinski definition) is 5. The Hall–Kier alpha value is -1.93. The smallest absolute Gasteiger partial charge is 0.306 e. The lowest BCUT2D eigenvalue weighted by molar-refractivity contribution is -0.150. The second-order valence-corrected chi connectivity index (χ2v) is 6.33. The van der Waals surface area contributed by atoms with Gasteiger partial charge in [-0.2, -0.15) is 5.26 Å². The van der Waals surface area contributed by atoms with Crippen molar-refractivity contribution in [2.24, 2.45) is 5.92 Å². The first kappa shape index (κ1) is 15.5. The number of carbonyl (C=O) groups excluding carboxylic acids is 1. The molecule has 2 aromatic rings. The predicted molar refractivity (Wildman–Crippen MR) is 82.9 cm³/mol. The number of ether oxygens (including phenoxy) is 1. The summed E-state index contributed by atoms with van der Waals surface area (Å²) in [4.78, 5) is 16.4. The topological polar surface area (TPSA) is 63.0 Å². The Labute approximate surface area is 128 Å². The fraction of sp³-hybridized carbons (Fsp3) is 0.438. The van der Waals surface area contributed by atoms with Gasteiger partial charge >= 0.3 is 5.97 Å². The van der Waals surface area contributed by atoms with Crippen molar-refractivity contribution in [2.75, 3.05) is 0 Å². The van der Waals surface area contributed by atoms with E-state index in [1.165, 1.54) is 0 Å². The van der Waals surface area contributed by atoms with E-state index in [2.05, 4.69) is 11.1 Å². The first-order valence-electron chi connectivity index (χ1n) is 7.01. The van der Waals surface area contributed by atoms with Gasteiger partial charge in [0.25, 0.3) is 0 Å². The number of thiazole rings is 1. The predicted octanol–water partition coefficient (Wildman–Crippen LogP) is 3.71. The van der Waals surface area contributed by atoms with Crippen LogP contribution in [0, 0.1) is 17.2 Å². The Morgan fingerprint density at radius 3 is 2.86 bits per heavy atom. The highest BCUT2D eigenvalue weighted by Gasteiger charge is 2.18. The maximum absolute atomic E-state index is 11.9. The second-order valence-electron chi connectivity index (χ2n) is 5.21. The molecule has 2 rings (SSSR count). The molecule has 0 fully saturated rings. The van der Waals surface area contributed by atoms with Crippen molar-refractivity contribution in [3.05, 3.63) is 29.3 Å². The number of hydrogen-bond donors (Lipinski definition) is 0. The van der Waals surface area contributed by atoms with Crippen molar-refractivity contribution in [1.82, 2.24) is 4.98 Å². The van der Waals surface area contributed by atoms with E-state index in [0.29, 0.717) is 12.8 Å². The molecule has 0 saturated heterocycles. The first-order chi connectivity index (χ1) is 10.1. The molecule has 0 bridgehead atoms. The van der Waals surface area contributed by atoms with Crippen molar-refractivity contribution in [3.8, 4) is 6.07 Å². The minimum Gasteiger partial charge on any atom is -0.461 e. The van der Waals surface area contributed by atoms with Crippen molar-refractivity contribution >= 4 is 27.5 Å². The number of para-hydroxylation sites is 1. The quantitative estimate of drug-likeness (QED) is 0.763. The van der Waals surface area contributed by atoms with E-state index in [0.717, 1.165) is 15.2 Å². The van der Waals surface area contributed by atoms with Crippen molar-refractivity contribution in [1.29, 1.82) is 5.26 Å². The van der Waals surface area contributed by atoms with Gasteiger partial charge in [-0.25, -0.2) is 4.98 Å². The molecule has 21 heavy (non-hydrogen) atoms. The van der Waals surface area contributed by atoms with E-state index in [1.807, 2.05) is 38.1 Å². The van der Waals surface area contributed by atoms with Gasteiger partial charge in [-0.1, -0.05) is 26.0 Å². The maximum Gasteiger partial charge on any atom is 0.306 e. The minimum atomic E-state index is -0.321. The SMILES string of the molecule is CC(C)[C@@H](CC#N)OC(=O)CCc1nc2ccccc2s1. The third-order valence-electron chi connectivity index (χ3n) is 3.20. The van der Waals surface area contributed by atoms with Crippen LogP contribution in [0.4, 0.5) is 0 Å². The fourth-order valence-electron chi connectivity index (χ4n) is 1.97. The highest BCUT2D eigenvalue weighted by Crippen LogP contribution is 2.22. The summed E-state index contributed by atoms with van der Waals surface area (Å²) in [6.07, 6.45) is 0.798. The fourth-order valence-corrected chi connectivity index (χ4v) is 2.93. The highest BCUT2D eigenvalue weighted by molar-refractivity contribution is 7.18. The molecule has 0 N–H and O–H groups in total. The number of fused-ring (bicyclic) bond motifs is 1. The Morgan fingerprint density at radius 1 is 1.43 bits per heavy atom. The molecule has 1 atom stereocenters. The average molecular weight is 302 g/mol. The third kappa shape index (κ3) is 4.27. The second kappa shape index (κ2) is 7.19. The lowest BCUT2D eigenvalue weighted by Crippen LogP contribution is -2.23. The largest absolute Gasteiger partial charge is 0.461 e. The van der Waals surface area contributed by atoms with E-state index >= 15 is 0 Å². The summed E-state index contributed by atoms with van der Waals surface area (Å²) in [6.45, 7) is 3.89. The number of aryl methyl sites for hydroxylation is 1. The monoisotopic (exact) mass is 302 g/mol. The first-order valence-corrected chi connectivity index (χ1v) is 7.82. The van der Waals surface area contributed by atoms with Crippen molar-refractivity contribution < 1.29 is 9.53 Å². The van der Waals surface area contributed by atoms with Crippen molar-refractivity contribution in [3.63, 3.8) is 0 Å². The Bertz CT molecular complexity index is 625. The number of carbonyl (C=O) groups is 1. The zero-order valence-electron chi connectivity index (χ0n) is 12.2. The third-order valence-corrected chi connectivity index (χ3v) is 4.30. The Morgan fingerprint density at radius 2 is 2.19 bits per heavy atom. The van der Waals surface area contributed by atoms with Gasteiger partial charge in [-0.3, -0.25) is 4.79 Å². The molecule has 0 unspecified atom stereocenters. The molecule has 0 aliphatic heterocycles. The number of aromatic nitrogens is 1. The molecule has 1 heterocycles. The molecule has 110 valence electrons. The highest BCUT2D eigenvalue weighted by atomic mass is 32.1. The Kier molecular flexibility index (Phi) is 5.29. The van der Waals surface area contributed by atoms with E-state index in [4.69, 9.17) is 10.00 Å². The van der Waals surface area contributed by atoms with E-state index < -0.39 is 0 Å². The summed E-state index contributed by atoms with van der Waals surface area (Å²) in [5.74, 6) is -0.112. The van der Waals surface area contributed by atoms with E-state index in [1.54, 1.807) is 11.3 Å². The molecule has 1 aromatic heterocycles. The van der Waals surface area contributed by atoms with Crippen LogP contribution in [-0.2, 0) is 16.0 Å². The van der Waals surface area contributed by atoms with Crippen LogP contribution in [0.3, 0.4) is 0 Å². The van der Waals surface area contributed by atoms with Gasteiger partial charge in [0.05, 0.1) is 34.1 Å². The van der Waals surface area contributed by atoms with E-state index in [9.17, 15) is 4.79 Å². The van der Waals surface area contributed by atoms with Crippen molar-refractivity contribution in [2.45, 2.75) is 39.2 Å². The maximum atomic E-state index is 11.9. The molecule has 5 heteroatoms. The van der Waals surface area contributed by atoms with Crippen LogP contribution in [0.25, 0.3) is 10.2 Å². The number of nitriles is 1. The number of esters is 1. The molecule has 0 spiro atoms. The molecular weight excluding hydrogens is 284 g/mol. The minimum absolute atomic E-state index is 0.149. The number of nitrogens with zero attached hydrogens (tertiary/aromatic N) is 2. The standard InChI is InChI=1S/C16H18N2O2S/c1-11(2)13(9-10-17)20-16(19)8-7-15-18-12-5-3-4-6-14(12)21-15/h3-6,11,13H,7-9H2,1-2H3/t13-/m1/s1. The summed E-state index contributed by atoms with van der Waals surface area (Å²) in [6, 6.07) is 9.98. The summed E-state index contributed by atoms with van der Waals surface area (Å²) >= 11 is 1.60. The van der Waals surface area contributed by atoms with Crippen LogP contribution >= 0.6 is 11.3 Å². The average Bonchev–Trinajstić information content (AvgIpc) is 2.87. The van der Waals surface area contributed by atoms with E-state index in [-0.39, 0.29) is 24.4 Å². The molecule has 0 aliphatic carbocycles. The summed E-state index contributed by atoms with van der Waals surface area (Å²) < 4.78 is 6.49. The molecule has 4 nitrogen and oxygen atoms in total. The lowest BCUT2D eigenvalue weighted by Gasteiger charge is -2.18. The van der Waals surface area contributed by atoms with Crippen LogP contribution in [0.5, 0.6) is 0 Å². The molecule has 1 aromatic carbocycles. The normalized spacial score (nSPS) is 12.3. The molecular formula is C16H18N2O2S. The Balaban J connectivity index is 1.90. The van der Waals surface area contributed by atoms with Crippen LogP contribution in [-0.4, -0.2) is 17.1 Å². The van der Waals surface area contributed by atoms with Crippen LogP contribution in [0.15, 0.2) is 24.3 Å². The number of benzene rings is 1. The van der Waals surface area contributed by atoms with Gasteiger partial charge in [-0.05, 0) is 18.1 Å². The molecule has 0 amide bonds. The van der Waals surface area contributed by atoms with Crippen LogP contribution in [0.2, 0.25) is 0 Å². The van der Waals surface area contributed by atoms with Crippen LogP contribution in [0.1, 0.15) is 31.7 Å². The van der Waals surface area contributed by atoms with Gasteiger partial charge in [0, 0.05) is 6.42 Å². The molecule has 0 radical (unpaired) electrons. The van der Waals surface area contributed by atoms with Gasteiger partial charge in [0.15, 0.2) is 0 Å². The zero-order chi connectivity index (χ0) is 15.2. The van der Waals surface area contributed by atoms with Gasteiger partial charge < -0.3 is 4.74 Å². The van der Waals surface area contributed by atoms with Gasteiger partial charge in [-0.15, -0.1) is 11.3 Å².